The molecule has 0 aliphatic carbocycles. The zero-order valence-electron chi connectivity index (χ0n) is 15.0. The number of esters is 2. The van der Waals surface area contributed by atoms with Gasteiger partial charge in [0, 0.05) is 25.8 Å². The average molecular weight is 343 g/mol. The molecule has 0 radical (unpaired) electrons. The first-order chi connectivity index (χ1) is 9.82. The monoisotopic (exact) mass is 342 g/mol. The van der Waals surface area contributed by atoms with Gasteiger partial charge in [0.25, 0.3) is 0 Å². The fourth-order valence-corrected chi connectivity index (χ4v) is 3.83. The number of hydrogen-bond donors (Lipinski definition) is 0. The molecule has 126 valence electrons. The lowest BCUT2D eigenvalue weighted by molar-refractivity contribution is -0.153. The van der Waals surface area contributed by atoms with E-state index in [0.29, 0.717) is 30.2 Å². The standard InChI is InChI=1S/C16H30O4Si2/c1-13(10-9-11-19-22(6,7)8)15(17)20-16(18)14(2)12-21(3,4)5/h10H,2,9,11-12H2,1,3-8H3. The summed E-state index contributed by atoms with van der Waals surface area (Å²) in [5.41, 5.74) is 0.802. The number of hydrogen-bond acceptors (Lipinski definition) is 4. The second-order valence-corrected chi connectivity index (χ2v) is 17.6. The molecule has 22 heavy (non-hydrogen) atoms. The minimum Gasteiger partial charge on any atom is -0.417 e. The normalized spacial score (nSPS) is 13.0. The number of rotatable bonds is 8. The van der Waals surface area contributed by atoms with Gasteiger partial charge in [0.2, 0.25) is 0 Å². The highest BCUT2D eigenvalue weighted by molar-refractivity contribution is 6.77. The van der Waals surface area contributed by atoms with Crippen molar-refractivity contribution in [2.45, 2.75) is 58.7 Å². The van der Waals surface area contributed by atoms with Gasteiger partial charge in [-0.15, -0.1) is 0 Å². The van der Waals surface area contributed by atoms with E-state index in [2.05, 4.69) is 45.9 Å². The zero-order valence-corrected chi connectivity index (χ0v) is 17.0. The van der Waals surface area contributed by atoms with Crippen molar-refractivity contribution in [3.63, 3.8) is 0 Å². The van der Waals surface area contributed by atoms with E-state index in [1.807, 2.05) is 0 Å². The van der Waals surface area contributed by atoms with Crippen molar-refractivity contribution < 1.29 is 18.8 Å². The van der Waals surface area contributed by atoms with Crippen LogP contribution in [0.2, 0.25) is 45.3 Å². The molecule has 0 saturated heterocycles. The summed E-state index contributed by atoms with van der Waals surface area (Å²) >= 11 is 0. The second-order valence-electron chi connectivity index (χ2n) is 7.65. The summed E-state index contributed by atoms with van der Waals surface area (Å²) in [6.45, 7) is 18.7. The van der Waals surface area contributed by atoms with Crippen molar-refractivity contribution in [1.29, 1.82) is 0 Å². The van der Waals surface area contributed by atoms with Crippen LogP contribution < -0.4 is 0 Å². The Balaban J connectivity index is 4.35. The van der Waals surface area contributed by atoms with Crippen molar-refractivity contribution in [3.8, 4) is 0 Å². The molecule has 4 nitrogen and oxygen atoms in total. The maximum absolute atomic E-state index is 11.8. The molecule has 0 aromatic carbocycles. The van der Waals surface area contributed by atoms with Gasteiger partial charge >= 0.3 is 11.9 Å². The lowest BCUT2D eigenvalue weighted by atomic mass is 10.2. The molecule has 0 aliphatic rings. The lowest BCUT2D eigenvalue weighted by Gasteiger charge is -2.16. The molecule has 0 amide bonds. The van der Waals surface area contributed by atoms with Gasteiger partial charge in [0.05, 0.1) is 0 Å². The predicted molar refractivity (Wildman–Crippen MR) is 96.1 cm³/mol. The lowest BCUT2D eigenvalue weighted by Crippen LogP contribution is -2.25. The summed E-state index contributed by atoms with van der Waals surface area (Å²) in [5.74, 6) is -1.21. The number of carbonyl (C=O) groups excluding carboxylic acids is 2. The zero-order chi connectivity index (χ0) is 17.6. The predicted octanol–water partition coefficient (Wildman–Crippen LogP) is 4.14. The average Bonchev–Trinajstić information content (AvgIpc) is 2.30. The van der Waals surface area contributed by atoms with E-state index in [4.69, 9.17) is 9.16 Å². The molecule has 0 bridgehead atoms. The molecule has 0 spiro atoms. The largest absolute Gasteiger partial charge is 0.417 e. The van der Waals surface area contributed by atoms with Crippen LogP contribution in [0.15, 0.2) is 23.8 Å². The van der Waals surface area contributed by atoms with Gasteiger partial charge in [-0.05, 0) is 39.0 Å². The molecule has 0 fully saturated rings. The molecule has 0 N–H and O–H groups in total. The van der Waals surface area contributed by atoms with Crippen molar-refractivity contribution in [2.75, 3.05) is 6.61 Å². The third kappa shape index (κ3) is 10.7. The summed E-state index contributed by atoms with van der Waals surface area (Å²) in [7, 11) is -2.97. The van der Waals surface area contributed by atoms with E-state index >= 15 is 0 Å². The summed E-state index contributed by atoms with van der Waals surface area (Å²) in [6.07, 6.45) is 2.38. The maximum Gasteiger partial charge on any atom is 0.341 e. The molecule has 0 atom stereocenters. The molecule has 0 unspecified atom stereocenters. The SMILES string of the molecule is C=C(C[Si](C)(C)C)C(=O)OC(=O)C(C)=CCCO[Si](C)(C)C. The van der Waals surface area contributed by atoms with E-state index in [1.165, 1.54) is 0 Å². The number of ether oxygens (including phenoxy) is 1. The molecule has 0 aromatic heterocycles. The molecule has 0 aliphatic heterocycles. The Bertz CT molecular complexity index is 454. The van der Waals surface area contributed by atoms with Crippen LogP contribution in [-0.2, 0) is 18.8 Å². The summed E-state index contributed by atoms with van der Waals surface area (Å²) in [4.78, 5) is 23.7. The third-order valence-corrected chi connectivity index (χ3v) is 5.20. The van der Waals surface area contributed by atoms with E-state index in [0.717, 1.165) is 0 Å². The van der Waals surface area contributed by atoms with Gasteiger partial charge in [-0.25, -0.2) is 9.59 Å². The summed E-state index contributed by atoms with van der Waals surface area (Å²) in [6, 6.07) is 0.631. The van der Waals surface area contributed by atoms with Crippen LogP contribution >= 0.6 is 0 Å². The van der Waals surface area contributed by atoms with Crippen LogP contribution in [0.1, 0.15) is 13.3 Å². The maximum atomic E-state index is 11.8. The molecular formula is C16H30O4Si2. The van der Waals surface area contributed by atoms with Crippen LogP contribution in [0.25, 0.3) is 0 Å². The quantitative estimate of drug-likeness (QED) is 0.219. The fourth-order valence-electron chi connectivity index (χ4n) is 1.67. The summed E-state index contributed by atoms with van der Waals surface area (Å²) < 4.78 is 10.6. The third-order valence-electron chi connectivity index (χ3n) is 2.64. The Morgan fingerprint density at radius 3 is 2.05 bits per heavy atom. The van der Waals surface area contributed by atoms with E-state index in [1.54, 1.807) is 13.0 Å². The van der Waals surface area contributed by atoms with Crippen molar-refractivity contribution >= 4 is 28.3 Å². The second kappa shape index (κ2) is 8.60. The Kier molecular flexibility index (Phi) is 8.21. The minimum atomic E-state index is -1.53. The van der Waals surface area contributed by atoms with Crippen LogP contribution in [0.4, 0.5) is 0 Å². The summed E-state index contributed by atoms with van der Waals surface area (Å²) in [5, 5.41) is 0. The van der Waals surface area contributed by atoms with E-state index in [-0.39, 0.29) is 0 Å². The Hall–Kier alpha value is -0.986. The first-order valence-electron chi connectivity index (χ1n) is 7.57. The molecule has 0 saturated carbocycles. The smallest absolute Gasteiger partial charge is 0.341 e. The topological polar surface area (TPSA) is 52.6 Å². The fraction of sp³-hybridized carbons (Fsp3) is 0.625. The molecule has 0 heterocycles. The van der Waals surface area contributed by atoms with Gasteiger partial charge < -0.3 is 9.16 Å². The highest BCUT2D eigenvalue weighted by atomic mass is 28.4. The van der Waals surface area contributed by atoms with Gasteiger partial charge in [-0.1, -0.05) is 32.3 Å². The molecule has 0 aromatic rings. The Morgan fingerprint density at radius 2 is 1.59 bits per heavy atom. The first kappa shape index (κ1) is 21.0. The molecule has 0 rings (SSSR count). The minimum absolute atomic E-state index is 0.377. The van der Waals surface area contributed by atoms with E-state index in [9.17, 15) is 9.59 Å². The highest BCUT2D eigenvalue weighted by Crippen LogP contribution is 2.16. The Labute approximate surface area is 136 Å². The van der Waals surface area contributed by atoms with Crippen LogP contribution in [-0.4, -0.2) is 34.9 Å². The van der Waals surface area contributed by atoms with Crippen LogP contribution in [0.5, 0.6) is 0 Å². The number of carbonyl (C=O) groups is 2. The van der Waals surface area contributed by atoms with Crippen LogP contribution in [0.3, 0.4) is 0 Å². The molecular weight excluding hydrogens is 312 g/mol. The van der Waals surface area contributed by atoms with Gasteiger partial charge in [0.15, 0.2) is 8.32 Å². The van der Waals surface area contributed by atoms with Gasteiger partial charge in [-0.2, -0.15) is 0 Å². The van der Waals surface area contributed by atoms with E-state index < -0.39 is 28.3 Å². The van der Waals surface area contributed by atoms with Gasteiger partial charge in [-0.3, -0.25) is 0 Å². The van der Waals surface area contributed by atoms with Gasteiger partial charge in [0.1, 0.15) is 0 Å². The van der Waals surface area contributed by atoms with Crippen LogP contribution in [0, 0.1) is 0 Å². The Morgan fingerprint density at radius 1 is 1.05 bits per heavy atom. The van der Waals surface area contributed by atoms with Crippen molar-refractivity contribution in [1.82, 2.24) is 0 Å². The first-order valence-corrected chi connectivity index (χ1v) is 14.7. The van der Waals surface area contributed by atoms with Crippen molar-refractivity contribution in [3.05, 3.63) is 23.8 Å². The van der Waals surface area contributed by atoms with Crippen molar-refractivity contribution in [2.24, 2.45) is 0 Å². The highest BCUT2D eigenvalue weighted by Gasteiger charge is 2.22. The molecule has 6 heteroatoms.